The third-order valence-corrected chi connectivity index (χ3v) is 6.14. The zero-order valence-electron chi connectivity index (χ0n) is 17.5. The van der Waals surface area contributed by atoms with E-state index in [2.05, 4.69) is 24.4 Å². The van der Waals surface area contributed by atoms with Crippen molar-refractivity contribution in [1.29, 1.82) is 0 Å². The van der Waals surface area contributed by atoms with E-state index in [4.69, 9.17) is 9.47 Å². The number of carbonyl (C=O) groups excluding carboxylic acids is 2. The maximum absolute atomic E-state index is 12.3. The highest BCUT2D eigenvalue weighted by atomic mass is 16.7. The normalized spacial score (nSPS) is 29.2. The average Bonchev–Trinajstić information content (AvgIpc) is 2.95. The number of rotatable bonds is 9. The number of nitrogens with one attached hydrogen (secondary N) is 1. The van der Waals surface area contributed by atoms with Gasteiger partial charge in [-0.05, 0) is 30.6 Å². The largest absolute Gasteiger partial charge is 0.481 e. The molecule has 0 heterocycles. The number of hydrogen-bond acceptors (Lipinski definition) is 5. The van der Waals surface area contributed by atoms with Gasteiger partial charge in [0.25, 0.3) is 6.29 Å². The van der Waals surface area contributed by atoms with Crippen LogP contribution in [0.3, 0.4) is 0 Å². The van der Waals surface area contributed by atoms with E-state index in [9.17, 15) is 19.5 Å². The molecule has 0 aromatic rings. The maximum atomic E-state index is 12.3. The van der Waals surface area contributed by atoms with Crippen LogP contribution in [0, 0.1) is 28.6 Å². The van der Waals surface area contributed by atoms with Crippen molar-refractivity contribution < 1.29 is 29.0 Å². The topological polar surface area (TPSA) is 102 Å². The molecule has 0 unspecified atom stereocenters. The van der Waals surface area contributed by atoms with Gasteiger partial charge in [-0.15, -0.1) is 0 Å². The molecular weight excluding hydrogens is 362 g/mol. The number of hydrogen-bond donors (Lipinski definition) is 2. The van der Waals surface area contributed by atoms with Gasteiger partial charge in [0.15, 0.2) is 0 Å². The highest BCUT2D eigenvalue weighted by Gasteiger charge is 2.62. The van der Waals surface area contributed by atoms with Crippen molar-refractivity contribution in [2.75, 3.05) is 6.54 Å². The van der Waals surface area contributed by atoms with Crippen molar-refractivity contribution in [3.8, 4) is 0 Å². The predicted octanol–water partition coefficient (Wildman–Crippen LogP) is 3.73. The van der Waals surface area contributed by atoms with Crippen LogP contribution in [0.25, 0.3) is 0 Å². The molecular formula is C21H33NO6. The Morgan fingerprint density at radius 2 is 1.89 bits per heavy atom. The average molecular weight is 395 g/mol. The second kappa shape index (κ2) is 8.53. The maximum Gasteiger partial charge on any atom is 0.410 e. The van der Waals surface area contributed by atoms with Gasteiger partial charge in [-0.2, -0.15) is 0 Å². The Labute approximate surface area is 166 Å². The van der Waals surface area contributed by atoms with E-state index in [1.165, 1.54) is 0 Å². The molecule has 1 amide bonds. The number of carbonyl (C=O) groups is 3. The molecule has 0 bridgehead atoms. The van der Waals surface area contributed by atoms with Gasteiger partial charge in [-0.3, -0.25) is 9.59 Å². The fourth-order valence-corrected chi connectivity index (χ4v) is 4.63. The highest BCUT2D eigenvalue weighted by molar-refractivity contribution is 5.72. The minimum absolute atomic E-state index is 0.0000187. The monoisotopic (exact) mass is 395 g/mol. The molecule has 2 N–H and O–H groups in total. The quantitative estimate of drug-likeness (QED) is 0.350. The van der Waals surface area contributed by atoms with Crippen LogP contribution in [-0.2, 0) is 19.1 Å². The molecule has 28 heavy (non-hydrogen) atoms. The number of aliphatic carboxylic acids is 1. The summed E-state index contributed by atoms with van der Waals surface area (Å²) in [5, 5.41) is 12.1. The van der Waals surface area contributed by atoms with Crippen LogP contribution in [0.4, 0.5) is 4.79 Å². The van der Waals surface area contributed by atoms with Crippen LogP contribution in [0.15, 0.2) is 12.2 Å². The first-order chi connectivity index (χ1) is 13.0. The molecule has 2 aliphatic carbocycles. The third kappa shape index (κ3) is 4.50. The molecule has 0 aromatic heterocycles. The van der Waals surface area contributed by atoms with Crippen molar-refractivity contribution in [2.24, 2.45) is 28.6 Å². The molecule has 0 aliphatic heterocycles. The Balaban J connectivity index is 1.99. The summed E-state index contributed by atoms with van der Waals surface area (Å²) in [5.74, 6) is -1.68. The van der Waals surface area contributed by atoms with Crippen LogP contribution < -0.4 is 5.32 Å². The fraction of sp³-hybridized carbons (Fsp3) is 0.762. The lowest BCUT2D eigenvalue weighted by molar-refractivity contribution is -0.179. The van der Waals surface area contributed by atoms with E-state index in [1.54, 1.807) is 27.7 Å². The molecule has 0 aromatic carbocycles. The summed E-state index contributed by atoms with van der Waals surface area (Å²) in [6.07, 6.45) is 5.25. The molecule has 7 nitrogen and oxygen atoms in total. The summed E-state index contributed by atoms with van der Waals surface area (Å²) in [4.78, 5) is 35.6. The second-order valence-corrected chi connectivity index (χ2v) is 8.90. The van der Waals surface area contributed by atoms with Gasteiger partial charge >= 0.3 is 18.0 Å². The van der Waals surface area contributed by atoms with Gasteiger partial charge in [0.05, 0.1) is 12.3 Å². The first kappa shape index (κ1) is 22.2. The van der Waals surface area contributed by atoms with Gasteiger partial charge in [0.1, 0.15) is 0 Å². The zero-order valence-corrected chi connectivity index (χ0v) is 17.5. The van der Waals surface area contributed by atoms with Crippen molar-refractivity contribution in [3.05, 3.63) is 12.2 Å². The number of ether oxygens (including phenoxy) is 2. The molecule has 158 valence electrons. The number of carboxylic acid groups (broad SMARTS) is 1. The smallest absolute Gasteiger partial charge is 0.410 e. The van der Waals surface area contributed by atoms with Crippen molar-refractivity contribution in [3.63, 3.8) is 0 Å². The van der Waals surface area contributed by atoms with Crippen LogP contribution in [0.1, 0.15) is 60.3 Å². The fourth-order valence-electron chi connectivity index (χ4n) is 4.63. The summed E-state index contributed by atoms with van der Waals surface area (Å²) >= 11 is 0. The summed E-state index contributed by atoms with van der Waals surface area (Å²) in [7, 11) is 0. The van der Waals surface area contributed by atoms with E-state index in [0.29, 0.717) is 0 Å². The second-order valence-electron chi connectivity index (χ2n) is 8.90. The first-order valence-electron chi connectivity index (χ1n) is 10.1. The summed E-state index contributed by atoms with van der Waals surface area (Å²) < 4.78 is 10.6. The van der Waals surface area contributed by atoms with Gasteiger partial charge < -0.3 is 19.9 Å². The number of carboxylic acids is 1. The van der Waals surface area contributed by atoms with Crippen LogP contribution >= 0.6 is 0 Å². The van der Waals surface area contributed by atoms with E-state index in [0.717, 1.165) is 19.3 Å². The molecule has 0 spiro atoms. The van der Waals surface area contributed by atoms with E-state index >= 15 is 0 Å². The van der Waals surface area contributed by atoms with Crippen LogP contribution in [0.5, 0.6) is 0 Å². The number of allylic oxidation sites excluding steroid dienone is 2. The van der Waals surface area contributed by atoms with Gasteiger partial charge in [-0.1, -0.05) is 46.8 Å². The molecule has 4 atom stereocenters. The van der Waals surface area contributed by atoms with Gasteiger partial charge in [-0.25, -0.2) is 4.79 Å². The van der Waals surface area contributed by atoms with Crippen LogP contribution in [0.2, 0.25) is 0 Å². The van der Waals surface area contributed by atoms with E-state index in [-0.39, 0.29) is 36.1 Å². The van der Waals surface area contributed by atoms with E-state index in [1.807, 2.05) is 0 Å². The molecule has 0 saturated heterocycles. The van der Waals surface area contributed by atoms with Gasteiger partial charge in [0, 0.05) is 17.9 Å². The molecule has 1 fully saturated rings. The zero-order chi connectivity index (χ0) is 21.1. The lowest BCUT2D eigenvalue weighted by Crippen LogP contribution is -2.59. The minimum Gasteiger partial charge on any atom is -0.481 e. The predicted molar refractivity (Wildman–Crippen MR) is 103 cm³/mol. The number of amides is 1. The number of fused-ring (bicyclic) bond motifs is 1. The van der Waals surface area contributed by atoms with E-state index < -0.39 is 29.7 Å². The summed E-state index contributed by atoms with van der Waals surface area (Å²) in [6.45, 7) is 9.35. The number of esters is 1. The van der Waals surface area contributed by atoms with Gasteiger partial charge in [0.2, 0.25) is 0 Å². The van der Waals surface area contributed by atoms with Crippen molar-refractivity contribution >= 4 is 18.0 Å². The molecule has 1 saturated carbocycles. The Morgan fingerprint density at radius 1 is 1.21 bits per heavy atom. The minimum atomic E-state index is -0.979. The molecule has 2 aliphatic rings. The van der Waals surface area contributed by atoms with Crippen LogP contribution in [-0.4, -0.2) is 36.0 Å². The van der Waals surface area contributed by atoms with Crippen molar-refractivity contribution in [2.45, 2.75) is 66.6 Å². The standard InChI is InChI=1S/C21H33NO6/c1-6-20-9-7-8-15(20)21(11-20,10-16(23)24)12-22-19(26)28-18(14(4)5)27-17(25)13(2)3/h7-8,13-15,18H,6,9-12H2,1-5H3,(H,22,26)(H,23,24)/t15-,18-,20-,21+/m0/s1. The molecule has 2 rings (SSSR count). The molecule has 0 radical (unpaired) electrons. The third-order valence-electron chi connectivity index (χ3n) is 6.14. The Hall–Kier alpha value is -2.05. The SMILES string of the molecule is CC[C@@]12CC=C[C@@H]1[C@](CNC(=O)O[C@H](OC(=O)C(C)C)C(C)C)(CC(=O)O)C2. The first-order valence-corrected chi connectivity index (χ1v) is 10.1. The molecule has 7 heteroatoms. The Morgan fingerprint density at radius 3 is 2.43 bits per heavy atom. The Bertz CT molecular complexity index is 643. The summed E-state index contributed by atoms with van der Waals surface area (Å²) in [6, 6.07) is 0. The number of alkyl carbamates (subject to hydrolysis) is 1. The highest BCUT2D eigenvalue weighted by Crippen LogP contribution is 2.67. The summed E-state index contributed by atoms with van der Waals surface area (Å²) in [5.41, 5.74) is -0.385. The van der Waals surface area contributed by atoms with Crippen molar-refractivity contribution in [1.82, 2.24) is 5.32 Å². The lowest BCUT2D eigenvalue weighted by Gasteiger charge is -2.60. The lowest BCUT2D eigenvalue weighted by atomic mass is 9.44. The Kier molecular flexibility index (Phi) is 6.78.